The van der Waals surface area contributed by atoms with Gasteiger partial charge in [-0.1, -0.05) is 21.1 Å². The summed E-state index contributed by atoms with van der Waals surface area (Å²) in [6, 6.07) is 8.92. The zero-order valence-corrected chi connectivity index (χ0v) is 11.3. The summed E-state index contributed by atoms with van der Waals surface area (Å²) in [5.41, 5.74) is 1.41. The van der Waals surface area contributed by atoms with E-state index in [1.165, 1.54) is 12.3 Å². The van der Waals surface area contributed by atoms with Gasteiger partial charge in [-0.3, -0.25) is 4.79 Å². The first-order valence-electron chi connectivity index (χ1n) is 5.31. The lowest BCUT2D eigenvalue weighted by atomic mass is 10.1. The summed E-state index contributed by atoms with van der Waals surface area (Å²) in [7, 11) is 0. The van der Waals surface area contributed by atoms with Crippen LogP contribution in [0, 0.1) is 6.92 Å². The van der Waals surface area contributed by atoms with Crippen molar-refractivity contribution in [1.82, 2.24) is 5.16 Å². The lowest BCUT2D eigenvalue weighted by Crippen LogP contribution is -1.95. The third-order valence-corrected chi connectivity index (χ3v) is 2.75. The minimum Gasteiger partial charge on any atom is -0.338 e. The summed E-state index contributed by atoms with van der Waals surface area (Å²) in [4.78, 5) is 11.8. The number of ketones is 1. The van der Waals surface area contributed by atoms with E-state index in [-0.39, 0.29) is 5.78 Å². The summed E-state index contributed by atoms with van der Waals surface area (Å²) >= 11 is 3.32. The normalized spacial score (nSPS) is 10.8. The predicted molar refractivity (Wildman–Crippen MR) is 72.5 cm³/mol. The van der Waals surface area contributed by atoms with Gasteiger partial charge in [0.15, 0.2) is 5.78 Å². The number of aromatic nitrogens is 1. The minimum absolute atomic E-state index is 0.0776. The molecule has 92 valence electrons. The highest BCUT2D eigenvalue weighted by Crippen LogP contribution is 2.12. The standard InChI is InChI=1S/C13H11BrN2O2/c1-9-8-13(18-16-9)15-7-6-12(17)10-2-4-11(14)5-3-10/h2-8,15H,1H3/b7-6-. The molecule has 1 aromatic heterocycles. The number of aryl methyl sites for hydroxylation is 1. The molecule has 0 fully saturated rings. The third kappa shape index (κ3) is 3.30. The van der Waals surface area contributed by atoms with Crippen molar-refractivity contribution in [3.63, 3.8) is 0 Å². The first-order chi connectivity index (χ1) is 8.65. The van der Waals surface area contributed by atoms with E-state index in [2.05, 4.69) is 26.4 Å². The minimum atomic E-state index is -0.0776. The van der Waals surface area contributed by atoms with E-state index in [4.69, 9.17) is 4.52 Å². The first-order valence-corrected chi connectivity index (χ1v) is 6.11. The van der Waals surface area contributed by atoms with Gasteiger partial charge >= 0.3 is 0 Å². The highest BCUT2D eigenvalue weighted by molar-refractivity contribution is 9.10. The number of benzene rings is 1. The second kappa shape index (κ2) is 5.64. The Hall–Kier alpha value is -1.88. The van der Waals surface area contributed by atoms with Gasteiger partial charge in [0.25, 0.3) is 0 Å². The number of carbonyl (C=O) groups is 1. The zero-order valence-electron chi connectivity index (χ0n) is 9.68. The Bertz CT molecular complexity index is 573. The van der Waals surface area contributed by atoms with Crippen LogP contribution in [-0.4, -0.2) is 10.9 Å². The molecule has 4 nitrogen and oxygen atoms in total. The highest BCUT2D eigenvalue weighted by Gasteiger charge is 2.01. The Balaban J connectivity index is 1.97. The van der Waals surface area contributed by atoms with Crippen molar-refractivity contribution in [1.29, 1.82) is 0 Å². The van der Waals surface area contributed by atoms with Crippen LogP contribution in [-0.2, 0) is 0 Å². The molecule has 18 heavy (non-hydrogen) atoms. The molecule has 0 saturated carbocycles. The molecule has 0 bridgehead atoms. The Labute approximate surface area is 113 Å². The van der Waals surface area contributed by atoms with Gasteiger partial charge in [-0.2, -0.15) is 0 Å². The number of carbonyl (C=O) groups excluding carboxylic acids is 1. The average molecular weight is 307 g/mol. The molecule has 0 atom stereocenters. The Morgan fingerprint density at radius 3 is 2.72 bits per heavy atom. The van der Waals surface area contributed by atoms with Gasteiger partial charge < -0.3 is 9.84 Å². The topological polar surface area (TPSA) is 55.1 Å². The summed E-state index contributed by atoms with van der Waals surface area (Å²) in [5.74, 6) is 0.429. The van der Waals surface area contributed by atoms with Crippen LogP contribution in [0.5, 0.6) is 0 Å². The third-order valence-electron chi connectivity index (χ3n) is 2.22. The number of allylic oxidation sites excluding steroid dienone is 1. The molecule has 0 unspecified atom stereocenters. The molecule has 0 aliphatic rings. The van der Waals surface area contributed by atoms with Crippen molar-refractivity contribution in [2.75, 3.05) is 5.32 Å². The fraction of sp³-hybridized carbons (Fsp3) is 0.0769. The lowest BCUT2D eigenvalue weighted by molar-refractivity contribution is 0.104. The van der Waals surface area contributed by atoms with Crippen LogP contribution in [0.25, 0.3) is 0 Å². The fourth-order valence-corrected chi connectivity index (χ4v) is 1.61. The summed E-state index contributed by atoms with van der Waals surface area (Å²) in [5, 5.41) is 6.56. The second-order valence-corrected chi connectivity index (χ2v) is 4.60. The largest absolute Gasteiger partial charge is 0.338 e. The monoisotopic (exact) mass is 306 g/mol. The number of rotatable bonds is 4. The summed E-state index contributed by atoms with van der Waals surface area (Å²) in [6.07, 6.45) is 2.98. The zero-order chi connectivity index (χ0) is 13.0. The molecule has 2 aromatic rings. The van der Waals surface area contributed by atoms with Crippen molar-refractivity contribution >= 4 is 27.6 Å². The van der Waals surface area contributed by atoms with E-state index < -0.39 is 0 Å². The number of hydrogen-bond donors (Lipinski definition) is 1. The summed E-state index contributed by atoms with van der Waals surface area (Å²) < 4.78 is 5.88. The van der Waals surface area contributed by atoms with Gasteiger partial charge in [-0.25, -0.2) is 0 Å². The number of anilines is 1. The van der Waals surface area contributed by atoms with Crippen molar-refractivity contribution < 1.29 is 9.32 Å². The Kier molecular flexibility index (Phi) is 3.94. The van der Waals surface area contributed by atoms with Crippen LogP contribution in [0.15, 0.2) is 51.6 Å². The Morgan fingerprint density at radius 2 is 2.11 bits per heavy atom. The van der Waals surface area contributed by atoms with E-state index >= 15 is 0 Å². The fourth-order valence-electron chi connectivity index (χ4n) is 1.34. The average Bonchev–Trinajstić information content (AvgIpc) is 2.76. The molecule has 1 N–H and O–H groups in total. The molecule has 2 rings (SSSR count). The van der Waals surface area contributed by atoms with E-state index in [0.717, 1.165) is 10.2 Å². The van der Waals surface area contributed by atoms with Crippen LogP contribution in [0.3, 0.4) is 0 Å². The molecular weight excluding hydrogens is 296 g/mol. The molecule has 1 heterocycles. The molecular formula is C13H11BrN2O2. The van der Waals surface area contributed by atoms with Crippen molar-refractivity contribution in [2.45, 2.75) is 6.92 Å². The summed E-state index contributed by atoms with van der Waals surface area (Å²) in [6.45, 7) is 1.82. The molecule has 0 radical (unpaired) electrons. The molecule has 1 aromatic carbocycles. The maximum absolute atomic E-state index is 11.8. The second-order valence-electron chi connectivity index (χ2n) is 3.68. The maximum atomic E-state index is 11.8. The molecule has 0 aliphatic carbocycles. The van der Waals surface area contributed by atoms with Crippen molar-refractivity contribution in [3.8, 4) is 0 Å². The van der Waals surface area contributed by atoms with E-state index in [1.807, 2.05) is 19.1 Å². The Morgan fingerprint density at radius 1 is 1.39 bits per heavy atom. The molecule has 0 spiro atoms. The van der Waals surface area contributed by atoms with Gasteiger partial charge in [0.2, 0.25) is 5.88 Å². The quantitative estimate of drug-likeness (QED) is 0.693. The van der Waals surface area contributed by atoms with Gasteiger partial charge in [0.1, 0.15) is 0 Å². The lowest BCUT2D eigenvalue weighted by Gasteiger charge is -1.96. The molecule has 0 amide bonds. The van der Waals surface area contributed by atoms with Gasteiger partial charge in [-0.05, 0) is 31.2 Å². The first kappa shape index (κ1) is 12.6. The van der Waals surface area contributed by atoms with Gasteiger partial charge in [0.05, 0.1) is 5.69 Å². The number of halogens is 1. The van der Waals surface area contributed by atoms with Crippen LogP contribution < -0.4 is 5.32 Å². The molecule has 0 aliphatic heterocycles. The van der Waals surface area contributed by atoms with Crippen molar-refractivity contribution in [2.24, 2.45) is 0 Å². The van der Waals surface area contributed by atoms with Crippen molar-refractivity contribution in [3.05, 3.63) is 58.3 Å². The predicted octanol–water partition coefficient (Wildman–Crippen LogP) is 3.55. The van der Waals surface area contributed by atoms with Crippen LogP contribution >= 0.6 is 15.9 Å². The van der Waals surface area contributed by atoms with Crippen LogP contribution in [0.2, 0.25) is 0 Å². The SMILES string of the molecule is Cc1cc(N/C=C\C(=O)c2ccc(Br)cc2)on1. The number of nitrogens with zero attached hydrogens (tertiary/aromatic N) is 1. The van der Waals surface area contributed by atoms with Gasteiger partial charge in [0, 0.05) is 28.4 Å². The van der Waals surface area contributed by atoms with Gasteiger partial charge in [-0.15, -0.1) is 0 Å². The van der Waals surface area contributed by atoms with Crippen LogP contribution in [0.4, 0.5) is 5.88 Å². The highest BCUT2D eigenvalue weighted by atomic mass is 79.9. The smallest absolute Gasteiger partial charge is 0.228 e. The van der Waals surface area contributed by atoms with E-state index in [1.54, 1.807) is 18.2 Å². The number of hydrogen-bond acceptors (Lipinski definition) is 4. The van der Waals surface area contributed by atoms with Crippen LogP contribution in [0.1, 0.15) is 16.1 Å². The van der Waals surface area contributed by atoms with E-state index in [0.29, 0.717) is 11.4 Å². The number of nitrogens with one attached hydrogen (secondary N) is 1. The molecule has 5 heteroatoms. The molecule has 0 saturated heterocycles. The van der Waals surface area contributed by atoms with E-state index in [9.17, 15) is 4.79 Å². The maximum Gasteiger partial charge on any atom is 0.228 e.